The van der Waals surface area contributed by atoms with Crippen molar-refractivity contribution < 1.29 is 17.9 Å². The number of rotatable bonds is 7. The summed E-state index contributed by atoms with van der Waals surface area (Å²) < 4.78 is 40.1. The number of nitrogens with one attached hydrogen (secondary N) is 1. The van der Waals surface area contributed by atoms with Crippen molar-refractivity contribution in [2.24, 2.45) is 0 Å². The molecule has 0 bridgehead atoms. The van der Waals surface area contributed by atoms with E-state index in [0.717, 1.165) is 18.7 Å². The molecule has 2 aromatic carbocycles. The van der Waals surface area contributed by atoms with Crippen molar-refractivity contribution in [1.82, 2.24) is 14.6 Å². The fourth-order valence-electron chi connectivity index (χ4n) is 3.81. The molecule has 1 saturated heterocycles. The normalized spacial score (nSPS) is 16.4. The van der Waals surface area contributed by atoms with Crippen LogP contribution < -0.4 is 9.46 Å². The van der Waals surface area contributed by atoms with E-state index in [1.165, 1.54) is 0 Å². The third-order valence-corrected chi connectivity index (χ3v) is 6.82. The average molecular weight is 428 g/mol. The molecule has 158 valence electrons. The van der Waals surface area contributed by atoms with Gasteiger partial charge < -0.3 is 9.47 Å². The molecule has 2 heterocycles. The van der Waals surface area contributed by atoms with Gasteiger partial charge in [0, 0.05) is 37.3 Å². The van der Waals surface area contributed by atoms with Crippen molar-refractivity contribution >= 4 is 20.9 Å². The summed E-state index contributed by atoms with van der Waals surface area (Å²) in [4.78, 5) is 6.76. The molecule has 0 radical (unpaired) electrons. The Labute approximate surface area is 176 Å². The predicted octanol–water partition coefficient (Wildman–Crippen LogP) is 2.60. The zero-order valence-electron chi connectivity index (χ0n) is 16.8. The van der Waals surface area contributed by atoms with Crippen LogP contribution in [0.5, 0.6) is 5.75 Å². The minimum absolute atomic E-state index is 0.0764. The quantitative estimate of drug-likeness (QED) is 0.624. The Bertz CT molecular complexity index is 1100. The van der Waals surface area contributed by atoms with E-state index in [0.29, 0.717) is 29.9 Å². The molecule has 7 nitrogen and oxygen atoms in total. The highest BCUT2D eigenvalue weighted by molar-refractivity contribution is 7.89. The molecule has 1 aromatic heterocycles. The third-order valence-electron chi connectivity index (χ3n) is 5.34. The fraction of sp³-hybridized carbons (Fsp3) is 0.318. The molecule has 1 aliphatic heterocycles. The Kier molecular flexibility index (Phi) is 6.29. The molecule has 0 saturated carbocycles. The van der Waals surface area contributed by atoms with Crippen LogP contribution in [0.4, 0.5) is 0 Å². The molecule has 3 aromatic rings. The predicted molar refractivity (Wildman–Crippen MR) is 115 cm³/mol. The first-order chi connectivity index (χ1) is 14.6. The number of ether oxygens (including phenoxy) is 2. The van der Waals surface area contributed by atoms with Gasteiger partial charge in [-0.15, -0.1) is 0 Å². The summed E-state index contributed by atoms with van der Waals surface area (Å²) in [7, 11) is -2.21. The van der Waals surface area contributed by atoms with Gasteiger partial charge in [-0.25, -0.2) is 13.1 Å². The van der Waals surface area contributed by atoms with Crippen LogP contribution in [0.3, 0.4) is 0 Å². The van der Waals surface area contributed by atoms with Crippen LogP contribution in [-0.4, -0.2) is 58.3 Å². The number of aromatic nitrogens is 1. The molecule has 8 heteroatoms. The molecule has 1 aliphatic rings. The highest BCUT2D eigenvalue weighted by Crippen LogP contribution is 2.29. The van der Waals surface area contributed by atoms with Gasteiger partial charge in [-0.2, -0.15) is 0 Å². The van der Waals surface area contributed by atoms with Gasteiger partial charge in [-0.3, -0.25) is 9.88 Å². The number of fused-ring (bicyclic) bond motifs is 1. The van der Waals surface area contributed by atoms with Crippen molar-refractivity contribution in [3.8, 4) is 5.75 Å². The summed E-state index contributed by atoms with van der Waals surface area (Å²) in [5.74, 6) is 0.542. The summed E-state index contributed by atoms with van der Waals surface area (Å²) in [6.07, 6.45) is 1.62. The van der Waals surface area contributed by atoms with Crippen LogP contribution in [0.1, 0.15) is 11.6 Å². The molecule has 0 spiro atoms. The minimum Gasteiger partial charge on any atom is -0.494 e. The van der Waals surface area contributed by atoms with Crippen LogP contribution in [0, 0.1) is 0 Å². The summed E-state index contributed by atoms with van der Waals surface area (Å²) in [5.41, 5.74) is 1.60. The largest absolute Gasteiger partial charge is 0.494 e. The zero-order valence-corrected chi connectivity index (χ0v) is 17.6. The van der Waals surface area contributed by atoms with Crippen LogP contribution >= 0.6 is 0 Å². The van der Waals surface area contributed by atoms with Crippen LogP contribution in [0.25, 0.3) is 10.9 Å². The number of sulfonamides is 1. The molecule has 0 aliphatic carbocycles. The standard InChI is InChI=1S/C22H25N3O4S/c1-28-20-9-10-21(18-8-5-11-23-22(18)20)30(26,27)24-16-19(17-6-3-2-4-7-17)25-12-14-29-15-13-25/h2-11,19,24H,12-16H2,1H3/t19-/m1/s1. The zero-order chi connectivity index (χ0) is 21.0. The van der Waals surface area contributed by atoms with E-state index in [4.69, 9.17) is 9.47 Å². The monoisotopic (exact) mass is 427 g/mol. The van der Waals surface area contributed by atoms with Crippen molar-refractivity contribution in [2.75, 3.05) is 40.0 Å². The average Bonchev–Trinajstić information content (AvgIpc) is 2.80. The number of methoxy groups -OCH3 is 1. The van der Waals surface area contributed by atoms with E-state index in [2.05, 4.69) is 14.6 Å². The third kappa shape index (κ3) is 4.32. The maximum Gasteiger partial charge on any atom is 0.241 e. The lowest BCUT2D eigenvalue weighted by Gasteiger charge is -2.34. The summed E-state index contributed by atoms with van der Waals surface area (Å²) in [6.45, 7) is 3.07. The number of hydrogen-bond acceptors (Lipinski definition) is 6. The van der Waals surface area contributed by atoms with Crippen molar-refractivity contribution in [3.63, 3.8) is 0 Å². The molecule has 1 atom stereocenters. The van der Waals surface area contributed by atoms with Gasteiger partial charge in [0.25, 0.3) is 0 Å². The highest BCUT2D eigenvalue weighted by Gasteiger charge is 2.26. The summed E-state index contributed by atoms with van der Waals surface area (Å²) in [5, 5.41) is 0.534. The van der Waals surface area contributed by atoms with E-state index >= 15 is 0 Å². The number of pyridine rings is 1. The SMILES string of the molecule is COc1ccc(S(=O)(=O)NC[C@H](c2ccccc2)N2CCOCC2)c2cccnc12. The Balaban J connectivity index is 1.63. The molecular formula is C22H25N3O4S. The van der Waals surface area contributed by atoms with Gasteiger partial charge in [0.05, 0.1) is 25.2 Å². The Hall–Kier alpha value is -2.52. The summed E-state index contributed by atoms with van der Waals surface area (Å²) >= 11 is 0. The van der Waals surface area contributed by atoms with E-state index in [9.17, 15) is 8.42 Å². The van der Waals surface area contributed by atoms with E-state index in [1.807, 2.05) is 30.3 Å². The lowest BCUT2D eigenvalue weighted by atomic mass is 10.1. The second-order valence-electron chi connectivity index (χ2n) is 7.09. The first kappa shape index (κ1) is 20.7. The molecule has 4 rings (SSSR count). The van der Waals surface area contributed by atoms with E-state index in [1.54, 1.807) is 37.6 Å². The first-order valence-corrected chi connectivity index (χ1v) is 11.4. The number of morpholine rings is 1. The van der Waals surface area contributed by atoms with Gasteiger partial charge in [0.15, 0.2) is 0 Å². The van der Waals surface area contributed by atoms with Crippen LogP contribution in [-0.2, 0) is 14.8 Å². The second kappa shape index (κ2) is 9.09. The first-order valence-electron chi connectivity index (χ1n) is 9.88. The van der Waals surface area contributed by atoms with Crippen molar-refractivity contribution in [1.29, 1.82) is 0 Å². The molecule has 0 amide bonds. The summed E-state index contributed by atoms with van der Waals surface area (Å²) in [6, 6.07) is 16.6. The van der Waals surface area contributed by atoms with Gasteiger partial charge >= 0.3 is 0 Å². The number of benzene rings is 2. The molecule has 0 unspecified atom stereocenters. The maximum absolute atomic E-state index is 13.2. The van der Waals surface area contributed by atoms with Gasteiger partial charge in [0.1, 0.15) is 11.3 Å². The smallest absolute Gasteiger partial charge is 0.241 e. The van der Waals surface area contributed by atoms with E-state index < -0.39 is 10.0 Å². The molecule has 1 N–H and O–H groups in total. The lowest BCUT2D eigenvalue weighted by molar-refractivity contribution is 0.0172. The highest BCUT2D eigenvalue weighted by atomic mass is 32.2. The molecular weight excluding hydrogens is 402 g/mol. The Morgan fingerprint density at radius 3 is 2.60 bits per heavy atom. The molecule has 1 fully saturated rings. The topological polar surface area (TPSA) is 80.8 Å². The number of hydrogen-bond donors (Lipinski definition) is 1. The Morgan fingerprint density at radius 2 is 1.87 bits per heavy atom. The van der Waals surface area contributed by atoms with Crippen LogP contribution in [0.15, 0.2) is 65.7 Å². The van der Waals surface area contributed by atoms with E-state index in [-0.39, 0.29) is 17.5 Å². The van der Waals surface area contributed by atoms with Crippen LogP contribution in [0.2, 0.25) is 0 Å². The van der Waals surface area contributed by atoms with Gasteiger partial charge in [-0.1, -0.05) is 30.3 Å². The van der Waals surface area contributed by atoms with Gasteiger partial charge in [-0.05, 0) is 29.8 Å². The van der Waals surface area contributed by atoms with Crippen molar-refractivity contribution in [3.05, 3.63) is 66.4 Å². The van der Waals surface area contributed by atoms with Crippen molar-refractivity contribution in [2.45, 2.75) is 10.9 Å². The minimum atomic E-state index is -3.76. The lowest BCUT2D eigenvalue weighted by Crippen LogP contribution is -2.43. The molecule has 30 heavy (non-hydrogen) atoms. The fourth-order valence-corrected chi connectivity index (χ4v) is 5.04. The van der Waals surface area contributed by atoms with Gasteiger partial charge in [0.2, 0.25) is 10.0 Å². The maximum atomic E-state index is 13.2. The Morgan fingerprint density at radius 1 is 1.10 bits per heavy atom. The second-order valence-corrected chi connectivity index (χ2v) is 8.83. The number of nitrogens with zero attached hydrogens (tertiary/aromatic N) is 2.